The fourth-order valence-corrected chi connectivity index (χ4v) is 1.22. The second-order valence-electron chi connectivity index (χ2n) is 3.14. The fourth-order valence-electron chi connectivity index (χ4n) is 1.22. The van der Waals surface area contributed by atoms with E-state index in [9.17, 15) is 0 Å². The molecule has 0 aliphatic heterocycles. The third-order valence-electron chi connectivity index (χ3n) is 2.01. The number of rotatable bonds is 4. The first-order valence-electron chi connectivity index (χ1n) is 4.82. The van der Waals surface area contributed by atoms with E-state index in [0.717, 1.165) is 12.4 Å². The lowest BCUT2D eigenvalue weighted by atomic mass is 10.3. The van der Waals surface area contributed by atoms with Crippen LogP contribution in [0.15, 0.2) is 30.7 Å². The van der Waals surface area contributed by atoms with Gasteiger partial charge in [-0.3, -0.25) is 4.68 Å². The summed E-state index contributed by atoms with van der Waals surface area (Å²) in [5, 5.41) is 19.3. The van der Waals surface area contributed by atoms with E-state index >= 15 is 0 Å². The standard InChI is InChI=1S/C10H10N6/c11-7-9-1-2-10(13-8-9)12-3-5-16-6-4-14-15-16/h1-2,4,6,8H,3,5H2,(H,12,13). The molecule has 0 saturated heterocycles. The molecule has 2 rings (SSSR count). The van der Waals surface area contributed by atoms with Gasteiger partial charge >= 0.3 is 0 Å². The van der Waals surface area contributed by atoms with E-state index in [-0.39, 0.29) is 0 Å². The number of anilines is 1. The highest BCUT2D eigenvalue weighted by molar-refractivity contribution is 5.38. The van der Waals surface area contributed by atoms with Crippen molar-refractivity contribution in [1.29, 1.82) is 5.26 Å². The zero-order valence-electron chi connectivity index (χ0n) is 8.54. The van der Waals surface area contributed by atoms with Crippen LogP contribution >= 0.6 is 0 Å². The minimum Gasteiger partial charge on any atom is -0.368 e. The zero-order chi connectivity index (χ0) is 11.2. The van der Waals surface area contributed by atoms with Crippen LogP contribution in [0, 0.1) is 11.3 Å². The highest BCUT2D eigenvalue weighted by Crippen LogP contribution is 2.03. The summed E-state index contributed by atoms with van der Waals surface area (Å²) in [5.74, 6) is 0.749. The molecule has 0 aliphatic rings. The molecule has 2 heterocycles. The molecule has 0 fully saturated rings. The summed E-state index contributed by atoms with van der Waals surface area (Å²) in [7, 11) is 0. The predicted molar refractivity (Wildman–Crippen MR) is 57.5 cm³/mol. The lowest BCUT2D eigenvalue weighted by molar-refractivity contribution is 0.608. The predicted octanol–water partition coefficient (Wildman–Crippen LogP) is 0.657. The van der Waals surface area contributed by atoms with Crippen molar-refractivity contribution in [2.75, 3.05) is 11.9 Å². The summed E-state index contributed by atoms with van der Waals surface area (Å²) in [6.45, 7) is 1.43. The van der Waals surface area contributed by atoms with Crippen molar-refractivity contribution >= 4 is 5.82 Å². The van der Waals surface area contributed by atoms with Gasteiger partial charge in [0, 0.05) is 18.9 Å². The first-order valence-corrected chi connectivity index (χ1v) is 4.82. The van der Waals surface area contributed by atoms with E-state index in [2.05, 4.69) is 20.6 Å². The molecule has 0 saturated carbocycles. The second kappa shape index (κ2) is 4.89. The Hall–Kier alpha value is -2.42. The lowest BCUT2D eigenvalue weighted by Gasteiger charge is -2.04. The number of hydrogen-bond donors (Lipinski definition) is 1. The first kappa shape index (κ1) is 10.1. The van der Waals surface area contributed by atoms with Gasteiger partial charge in [-0.05, 0) is 12.1 Å². The Morgan fingerprint density at radius 3 is 3.00 bits per heavy atom. The van der Waals surface area contributed by atoms with Crippen LogP contribution in [0.3, 0.4) is 0 Å². The van der Waals surface area contributed by atoms with Gasteiger partial charge in [-0.15, -0.1) is 5.10 Å². The number of hydrogen-bond acceptors (Lipinski definition) is 5. The van der Waals surface area contributed by atoms with Gasteiger partial charge in [-0.1, -0.05) is 5.21 Å². The van der Waals surface area contributed by atoms with Crippen molar-refractivity contribution in [1.82, 2.24) is 20.0 Å². The molecular weight excluding hydrogens is 204 g/mol. The van der Waals surface area contributed by atoms with Crippen LogP contribution in [0.1, 0.15) is 5.56 Å². The monoisotopic (exact) mass is 214 g/mol. The molecule has 0 unspecified atom stereocenters. The molecule has 2 aromatic heterocycles. The molecule has 6 nitrogen and oxygen atoms in total. The summed E-state index contributed by atoms with van der Waals surface area (Å²) in [6.07, 6.45) is 4.98. The molecule has 16 heavy (non-hydrogen) atoms. The molecule has 0 aliphatic carbocycles. The Morgan fingerprint density at radius 2 is 2.38 bits per heavy atom. The quantitative estimate of drug-likeness (QED) is 0.808. The molecule has 0 radical (unpaired) electrons. The van der Waals surface area contributed by atoms with Gasteiger partial charge in [0.2, 0.25) is 0 Å². The molecule has 0 aromatic carbocycles. The smallest absolute Gasteiger partial charge is 0.126 e. The molecule has 0 bridgehead atoms. The van der Waals surface area contributed by atoms with Gasteiger partial charge in [0.15, 0.2) is 0 Å². The van der Waals surface area contributed by atoms with E-state index in [1.165, 1.54) is 6.20 Å². The highest BCUT2D eigenvalue weighted by atomic mass is 15.4. The molecule has 1 N–H and O–H groups in total. The Morgan fingerprint density at radius 1 is 1.44 bits per heavy atom. The van der Waals surface area contributed by atoms with E-state index in [1.54, 1.807) is 29.2 Å². The zero-order valence-corrected chi connectivity index (χ0v) is 8.54. The summed E-state index contributed by atoms with van der Waals surface area (Å²) >= 11 is 0. The highest BCUT2D eigenvalue weighted by Gasteiger charge is 1.95. The molecule has 0 spiro atoms. The third-order valence-corrected chi connectivity index (χ3v) is 2.01. The average molecular weight is 214 g/mol. The first-order chi connectivity index (χ1) is 7.88. The summed E-state index contributed by atoms with van der Waals surface area (Å²) in [4.78, 5) is 4.09. The number of nitrogens with one attached hydrogen (secondary N) is 1. The molecular formula is C10H10N6. The Balaban J connectivity index is 1.83. The van der Waals surface area contributed by atoms with Crippen molar-refractivity contribution in [2.45, 2.75) is 6.54 Å². The Bertz CT molecular complexity index is 467. The van der Waals surface area contributed by atoms with Crippen LogP contribution < -0.4 is 5.32 Å². The van der Waals surface area contributed by atoms with E-state index < -0.39 is 0 Å². The van der Waals surface area contributed by atoms with E-state index in [0.29, 0.717) is 12.1 Å². The molecule has 0 amide bonds. The molecule has 80 valence electrons. The number of nitriles is 1. The van der Waals surface area contributed by atoms with Crippen LogP contribution in [0.25, 0.3) is 0 Å². The second-order valence-corrected chi connectivity index (χ2v) is 3.14. The van der Waals surface area contributed by atoms with E-state index in [1.807, 2.05) is 6.07 Å². The lowest BCUT2D eigenvalue weighted by Crippen LogP contribution is -2.11. The van der Waals surface area contributed by atoms with Crippen LogP contribution in [0.5, 0.6) is 0 Å². The topological polar surface area (TPSA) is 79.4 Å². The fraction of sp³-hybridized carbons (Fsp3) is 0.200. The van der Waals surface area contributed by atoms with E-state index in [4.69, 9.17) is 5.26 Å². The SMILES string of the molecule is N#Cc1ccc(NCCn2ccnn2)nc1. The van der Waals surface area contributed by atoms with Crippen LogP contribution in [0.4, 0.5) is 5.82 Å². The van der Waals surface area contributed by atoms with Crippen LogP contribution in [-0.4, -0.2) is 26.5 Å². The summed E-state index contributed by atoms with van der Waals surface area (Å²) in [5.41, 5.74) is 0.557. The van der Waals surface area contributed by atoms with Crippen molar-refractivity contribution in [2.24, 2.45) is 0 Å². The van der Waals surface area contributed by atoms with Crippen molar-refractivity contribution < 1.29 is 0 Å². The normalized spacial score (nSPS) is 9.69. The summed E-state index contributed by atoms with van der Waals surface area (Å²) in [6, 6.07) is 5.52. The van der Waals surface area contributed by atoms with Gasteiger partial charge in [0.25, 0.3) is 0 Å². The number of nitrogens with zero attached hydrogens (tertiary/aromatic N) is 5. The van der Waals surface area contributed by atoms with Gasteiger partial charge < -0.3 is 5.32 Å². The molecule has 0 atom stereocenters. The van der Waals surface area contributed by atoms with Crippen molar-refractivity contribution in [3.05, 3.63) is 36.3 Å². The van der Waals surface area contributed by atoms with Gasteiger partial charge in [-0.2, -0.15) is 5.26 Å². The van der Waals surface area contributed by atoms with Gasteiger partial charge in [0.05, 0.1) is 18.3 Å². The van der Waals surface area contributed by atoms with Crippen LogP contribution in [-0.2, 0) is 6.54 Å². The maximum Gasteiger partial charge on any atom is 0.126 e. The van der Waals surface area contributed by atoms with Crippen LogP contribution in [0.2, 0.25) is 0 Å². The summed E-state index contributed by atoms with van der Waals surface area (Å²) < 4.78 is 1.73. The van der Waals surface area contributed by atoms with Gasteiger partial charge in [-0.25, -0.2) is 4.98 Å². The maximum absolute atomic E-state index is 8.60. The maximum atomic E-state index is 8.60. The third kappa shape index (κ3) is 2.54. The largest absolute Gasteiger partial charge is 0.368 e. The van der Waals surface area contributed by atoms with Crippen molar-refractivity contribution in [3.8, 4) is 6.07 Å². The minimum atomic E-state index is 0.557. The Labute approximate surface area is 92.5 Å². The average Bonchev–Trinajstić information content (AvgIpc) is 2.83. The molecule has 6 heteroatoms. The minimum absolute atomic E-state index is 0.557. The Kier molecular flexibility index (Phi) is 3.09. The number of aromatic nitrogens is 4. The van der Waals surface area contributed by atoms with Crippen molar-refractivity contribution in [3.63, 3.8) is 0 Å². The van der Waals surface area contributed by atoms with Gasteiger partial charge in [0.1, 0.15) is 11.9 Å². The molecule has 2 aromatic rings. The number of pyridine rings is 1.